The predicted octanol–water partition coefficient (Wildman–Crippen LogP) is 2.87. The zero-order valence-electron chi connectivity index (χ0n) is 16.4. The standard InChI is InChI=1S/C21H19N3O6S/c1-14(24-18-9-2-3-10-19(18)30-21(24)26)20(25)23-15-6-4-8-17(12-15)31(27,28)22-13-16-7-5-11-29-16/h2-12,14,22H,13H2,1H3,(H,23,25)/t14-/m1/s1. The van der Waals surface area contributed by atoms with Crippen molar-refractivity contribution >= 4 is 32.7 Å². The normalized spacial score (nSPS) is 12.7. The van der Waals surface area contributed by atoms with Crippen LogP contribution in [0, 0.1) is 0 Å². The van der Waals surface area contributed by atoms with Crippen molar-refractivity contribution < 1.29 is 22.0 Å². The molecule has 0 saturated carbocycles. The van der Waals surface area contributed by atoms with Crippen molar-refractivity contribution in [3.8, 4) is 0 Å². The van der Waals surface area contributed by atoms with E-state index in [0.717, 1.165) is 0 Å². The van der Waals surface area contributed by atoms with Crippen LogP contribution in [0.4, 0.5) is 5.69 Å². The number of amides is 1. The minimum absolute atomic E-state index is 0.000561. The van der Waals surface area contributed by atoms with Crippen molar-refractivity contribution in [3.63, 3.8) is 0 Å². The van der Waals surface area contributed by atoms with E-state index >= 15 is 0 Å². The molecule has 0 fully saturated rings. The quantitative estimate of drug-likeness (QED) is 0.455. The van der Waals surface area contributed by atoms with E-state index < -0.39 is 27.7 Å². The number of rotatable bonds is 7. The lowest BCUT2D eigenvalue weighted by atomic mass is 10.2. The summed E-state index contributed by atoms with van der Waals surface area (Å²) in [5.41, 5.74) is 1.15. The number of hydrogen-bond donors (Lipinski definition) is 2. The lowest BCUT2D eigenvalue weighted by molar-refractivity contribution is -0.118. The van der Waals surface area contributed by atoms with Crippen LogP contribution >= 0.6 is 0 Å². The Kier molecular flexibility index (Phi) is 5.49. The maximum atomic E-state index is 12.8. The van der Waals surface area contributed by atoms with Gasteiger partial charge in [0.25, 0.3) is 0 Å². The van der Waals surface area contributed by atoms with Gasteiger partial charge >= 0.3 is 5.76 Å². The Bertz CT molecular complexity index is 1390. The predicted molar refractivity (Wildman–Crippen MR) is 113 cm³/mol. The molecule has 31 heavy (non-hydrogen) atoms. The van der Waals surface area contributed by atoms with Gasteiger partial charge in [0, 0.05) is 5.69 Å². The molecule has 10 heteroatoms. The van der Waals surface area contributed by atoms with Gasteiger partial charge in [0.15, 0.2) is 5.58 Å². The topological polar surface area (TPSA) is 124 Å². The van der Waals surface area contributed by atoms with Gasteiger partial charge in [-0.1, -0.05) is 18.2 Å². The summed E-state index contributed by atoms with van der Waals surface area (Å²) in [5, 5.41) is 2.65. The van der Waals surface area contributed by atoms with Crippen molar-refractivity contribution in [1.29, 1.82) is 0 Å². The van der Waals surface area contributed by atoms with Gasteiger partial charge in [0.1, 0.15) is 11.8 Å². The number of aromatic nitrogens is 1. The Morgan fingerprint density at radius 3 is 2.68 bits per heavy atom. The molecular formula is C21H19N3O6S. The zero-order chi connectivity index (χ0) is 22.0. The molecule has 4 rings (SSSR count). The largest absolute Gasteiger partial charge is 0.468 e. The number of nitrogens with one attached hydrogen (secondary N) is 2. The second-order valence-corrected chi connectivity index (χ2v) is 8.57. The number of furan rings is 1. The highest BCUT2D eigenvalue weighted by molar-refractivity contribution is 7.89. The number of fused-ring (bicyclic) bond motifs is 1. The fraction of sp³-hybridized carbons (Fsp3) is 0.143. The summed E-state index contributed by atoms with van der Waals surface area (Å²) in [6, 6.07) is 15.1. The number of anilines is 1. The Labute approximate surface area is 177 Å². The molecule has 2 aromatic heterocycles. The van der Waals surface area contributed by atoms with Gasteiger partial charge in [0.2, 0.25) is 15.9 Å². The lowest BCUT2D eigenvalue weighted by Crippen LogP contribution is -2.29. The highest BCUT2D eigenvalue weighted by Gasteiger charge is 2.22. The molecule has 0 radical (unpaired) electrons. The third-order valence-electron chi connectivity index (χ3n) is 4.71. The van der Waals surface area contributed by atoms with Crippen molar-refractivity contribution in [2.24, 2.45) is 0 Å². The van der Waals surface area contributed by atoms with E-state index in [-0.39, 0.29) is 17.1 Å². The first kappa shape index (κ1) is 20.6. The van der Waals surface area contributed by atoms with Crippen LogP contribution in [0.25, 0.3) is 11.1 Å². The first-order valence-electron chi connectivity index (χ1n) is 9.38. The fourth-order valence-corrected chi connectivity index (χ4v) is 4.16. The summed E-state index contributed by atoms with van der Waals surface area (Å²) in [6.07, 6.45) is 1.45. The monoisotopic (exact) mass is 441 g/mol. The molecular weight excluding hydrogens is 422 g/mol. The first-order valence-corrected chi connectivity index (χ1v) is 10.9. The second-order valence-electron chi connectivity index (χ2n) is 6.80. The van der Waals surface area contributed by atoms with Crippen molar-refractivity contribution in [1.82, 2.24) is 9.29 Å². The summed E-state index contributed by atoms with van der Waals surface area (Å²) in [6.45, 7) is 1.56. The van der Waals surface area contributed by atoms with E-state index in [4.69, 9.17) is 8.83 Å². The molecule has 0 spiro atoms. The summed E-state index contributed by atoms with van der Waals surface area (Å²) in [4.78, 5) is 25.0. The van der Waals surface area contributed by atoms with Crippen LogP contribution in [-0.4, -0.2) is 18.9 Å². The summed E-state index contributed by atoms with van der Waals surface area (Å²) < 4.78 is 39.1. The number of sulfonamides is 1. The van der Waals surface area contributed by atoms with Crippen LogP contribution < -0.4 is 15.8 Å². The van der Waals surface area contributed by atoms with Crippen LogP contribution in [0.2, 0.25) is 0 Å². The number of para-hydroxylation sites is 2. The fourth-order valence-electron chi connectivity index (χ4n) is 3.12. The van der Waals surface area contributed by atoms with Crippen LogP contribution in [0.3, 0.4) is 0 Å². The molecule has 2 N–H and O–H groups in total. The summed E-state index contributed by atoms with van der Waals surface area (Å²) in [5.74, 6) is -0.673. The Hall–Kier alpha value is -3.63. The Morgan fingerprint density at radius 1 is 1.10 bits per heavy atom. The van der Waals surface area contributed by atoms with E-state index in [2.05, 4.69) is 10.0 Å². The number of carbonyl (C=O) groups excluding carboxylic acids is 1. The van der Waals surface area contributed by atoms with Crippen molar-refractivity contribution in [2.45, 2.75) is 24.4 Å². The van der Waals surface area contributed by atoms with Gasteiger partial charge in [0.05, 0.1) is 23.2 Å². The minimum atomic E-state index is -3.83. The molecule has 1 amide bonds. The van der Waals surface area contributed by atoms with E-state index in [1.807, 2.05) is 0 Å². The average Bonchev–Trinajstić information content (AvgIpc) is 3.39. The average molecular weight is 441 g/mol. The smallest absolute Gasteiger partial charge is 0.420 e. The third-order valence-corrected chi connectivity index (χ3v) is 6.11. The molecule has 0 aliphatic rings. The third kappa shape index (κ3) is 4.30. The second kappa shape index (κ2) is 8.25. The molecule has 4 aromatic rings. The van der Waals surface area contributed by atoms with E-state index in [1.54, 1.807) is 49.4 Å². The zero-order valence-corrected chi connectivity index (χ0v) is 17.3. The summed E-state index contributed by atoms with van der Waals surface area (Å²) >= 11 is 0. The highest BCUT2D eigenvalue weighted by Crippen LogP contribution is 2.20. The van der Waals surface area contributed by atoms with Gasteiger partial charge in [-0.3, -0.25) is 9.36 Å². The molecule has 0 aliphatic heterocycles. The SMILES string of the molecule is C[C@H](C(=O)Nc1cccc(S(=O)(=O)NCc2ccco2)c1)n1c(=O)oc2ccccc21. The Morgan fingerprint density at radius 2 is 1.90 bits per heavy atom. The number of benzene rings is 2. The number of oxazole rings is 1. The van der Waals surface area contributed by atoms with E-state index in [0.29, 0.717) is 16.9 Å². The van der Waals surface area contributed by atoms with Crippen molar-refractivity contribution in [2.75, 3.05) is 5.32 Å². The first-order chi connectivity index (χ1) is 14.8. The van der Waals surface area contributed by atoms with Gasteiger partial charge in [-0.2, -0.15) is 0 Å². The van der Waals surface area contributed by atoms with Gasteiger partial charge in [-0.05, 0) is 49.4 Å². The number of carbonyl (C=O) groups is 1. The number of hydrogen-bond acceptors (Lipinski definition) is 6. The van der Waals surface area contributed by atoms with Gasteiger partial charge < -0.3 is 14.2 Å². The van der Waals surface area contributed by atoms with Gasteiger partial charge in [-0.15, -0.1) is 0 Å². The van der Waals surface area contributed by atoms with Crippen LogP contribution in [0.5, 0.6) is 0 Å². The molecule has 160 valence electrons. The molecule has 0 bridgehead atoms. The van der Waals surface area contributed by atoms with Gasteiger partial charge in [-0.25, -0.2) is 17.9 Å². The van der Waals surface area contributed by atoms with E-state index in [9.17, 15) is 18.0 Å². The van der Waals surface area contributed by atoms with Crippen LogP contribution in [0.15, 0.2) is 85.5 Å². The molecule has 2 aromatic carbocycles. The maximum Gasteiger partial charge on any atom is 0.420 e. The molecule has 2 heterocycles. The molecule has 0 unspecified atom stereocenters. The molecule has 9 nitrogen and oxygen atoms in total. The van der Waals surface area contributed by atoms with Crippen LogP contribution in [0.1, 0.15) is 18.7 Å². The summed E-state index contributed by atoms with van der Waals surface area (Å²) in [7, 11) is -3.83. The van der Waals surface area contributed by atoms with Crippen LogP contribution in [-0.2, 0) is 21.4 Å². The Balaban J connectivity index is 1.52. The minimum Gasteiger partial charge on any atom is -0.468 e. The molecule has 0 saturated heterocycles. The van der Waals surface area contributed by atoms with Crippen molar-refractivity contribution in [3.05, 3.63) is 83.2 Å². The molecule has 0 aliphatic carbocycles. The highest BCUT2D eigenvalue weighted by atomic mass is 32.2. The van der Waals surface area contributed by atoms with E-state index in [1.165, 1.54) is 29.0 Å². The maximum absolute atomic E-state index is 12.8. The number of nitrogens with zero attached hydrogens (tertiary/aromatic N) is 1. The lowest BCUT2D eigenvalue weighted by Gasteiger charge is -2.14. The molecule has 1 atom stereocenters.